The molecule has 72 valence electrons. The number of nitrogens with two attached hydrogens (primary N) is 1. The maximum Gasteiger partial charge on any atom is 0.0827 e. The van der Waals surface area contributed by atoms with Gasteiger partial charge in [0.1, 0.15) is 0 Å². The molecule has 1 heterocycles. The minimum absolute atomic E-state index is 0.732. The van der Waals surface area contributed by atoms with E-state index in [0.29, 0.717) is 0 Å². The molecule has 1 aromatic rings. The highest BCUT2D eigenvalue weighted by Gasteiger charge is 2.22. The molecule has 0 aromatic carbocycles. The van der Waals surface area contributed by atoms with Gasteiger partial charge in [0.15, 0.2) is 0 Å². The summed E-state index contributed by atoms with van der Waals surface area (Å²) in [6.07, 6.45) is 6.73. The van der Waals surface area contributed by atoms with E-state index in [-0.39, 0.29) is 0 Å². The van der Waals surface area contributed by atoms with E-state index in [1.54, 1.807) is 0 Å². The van der Waals surface area contributed by atoms with E-state index >= 15 is 0 Å². The van der Waals surface area contributed by atoms with Crippen LogP contribution in [0.25, 0.3) is 0 Å². The van der Waals surface area contributed by atoms with Crippen molar-refractivity contribution in [1.82, 2.24) is 15.0 Å². The van der Waals surface area contributed by atoms with Gasteiger partial charge in [-0.15, -0.1) is 5.10 Å². The maximum atomic E-state index is 5.42. The number of hydrogen-bond acceptors (Lipinski definition) is 3. The Morgan fingerprint density at radius 3 is 3.08 bits per heavy atom. The highest BCUT2D eigenvalue weighted by atomic mass is 15.4. The second-order valence-electron chi connectivity index (χ2n) is 3.77. The molecule has 0 saturated heterocycles. The van der Waals surface area contributed by atoms with Gasteiger partial charge in [-0.1, -0.05) is 5.21 Å². The maximum absolute atomic E-state index is 5.42. The third-order valence-electron chi connectivity index (χ3n) is 2.37. The summed E-state index contributed by atoms with van der Waals surface area (Å²) >= 11 is 0. The van der Waals surface area contributed by atoms with E-state index in [0.717, 1.165) is 37.5 Å². The molecule has 0 bridgehead atoms. The van der Waals surface area contributed by atoms with Crippen molar-refractivity contribution in [2.75, 3.05) is 6.54 Å². The summed E-state index contributed by atoms with van der Waals surface area (Å²) in [5, 5.41) is 8.17. The van der Waals surface area contributed by atoms with E-state index in [1.165, 1.54) is 12.8 Å². The van der Waals surface area contributed by atoms with Gasteiger partial charge in [-0.2, -0.15) is 0 Å². The summed E-state index contributed by atoms with van der Waals surface area (Å²) < 4.78 is 1.96. The summed E-state index contributed by atoms with van der Waals surface area (Å²) in [5.41, 5.74) is 6.49. The van der Waals surface area contributed by atoms with E-state index in [2.05, 4.69) is 10.3 Å². The Morgan fingerprint density at radius 1 is 1.54 bits per heavy atom. The van der Waals surface area contributed by atoms with Crippen LogP contribution in [0.15, 0.2) is 6.20 Å². The van der Waals surface area contributed by atoms with Gasteiger partial charge in [0.2, 0.25) is 0 Å². The molecule has 2 rings (SSSR count). The molecule has 1 aliphatic rings. The third-order valence-corrected chi connectivity index (χ3v) is 2.37. The molecule has 4 heteroatoms. The molecule has 0 amide bonds. The van der Waals surface area contributed by atoms with Crippen LogP contribution in [0.4, 0.5) is 0 Å². The summed E-state index contributed by atoms with van der Waals surface area (Å²) in [6.45, 7) is 1.78. The first-order valence-electron chi connectivity index (χ1n) is 4.97. The minimum Gasteiger partial charge on any atom is -0.330 e. The van der Waals surface area contributed by atoms with Gasteiger partial charge in [-0.3, -0.25) is 4.68 Å². The minimum atomic E-state index is 0.732. The van der Waals surface area contributed by atoms with Crippen LogP contribution in [0.2, 0.25) is 0 Å². The first kappa shape index (κ1) is 8.69. The Labute approximate surface area is 78.1 Å². The van der Waals surface area contributed by atoms with Gasteiger partial charge >= 0.3 is 0 Å². The zero-order chi connectivity index (χ0) is 9.10. The largest absolute Gasteiger partial charge is 0.330 e. The summed E-state index contributed by atoms with van der Waals surface area (Å²) in [5.74, 6) is 0.865. The van der Waals surface area contributed by atoms with Crippen molar-refractivity contribution in [2.45, 2.75) is 32.2 Å². The monoisotopic (exact) mass is 180 g/mol. The Balaban J connectivity index is 1.84. The highest BCUT2D eigenvalue weighted by Crippen LogP contribution is 2.30. The van der Waals surface area contributed by atoms with Crippen LogP contribution >= 0.6 is 0 Å². The predicted octanol–water partition coefficient (Wildman–Crippen LogP) is 0.579. The lowest BCUT2D eigenvalue weighted by atomic mass is 10.2. The molecule has 1 saturated carbocycles. The van der Waals surface area contributed by atoms with Gasteiger partial charge in [0, 0.05) is 12.7 Å². The fourth-order valence-corrected chi connectivity index (χ4v) is 1.39. The van der Waals surface area contributed by atoms with Crippen molar-refractivity contribution in [3.8, 4) is 0 Å². The van der Waals surface area contributed by atoms with Crippen LogP contribution in [0.3, 0.4) is 0 Å². The van der Waals surface area contributed by atoms with Crippen LogP contribution in [0, 0.1) is 5.92 Å². The van der Waals surface area contributed by atoms with Crippen molar-refractivity contribution < 1.29 is 0 Å². The van der Waals surface area contributed by atoms with Crippen LogP contribution in [0.1, 0.15) is 25.0 Å². The molecule has 1 aromatic heterocycles. The zero-order valence-electron chi connectivity index (χ0n) is 7.82. The molecule has 13 heavy (non-hydrogen) atoms. The smallest absolute Gasteiger partial charge is 0.0827 e. The second kappa shape index (κ2) is 3.87. The van der Waals surface area contributed by atoms with Gasteiger partial charge < -0.3 is 5.73 Å². The fraction of sp³-hybridized carbons (Fsp3) is 0.778. The lowest BCUT2D eigenvalue weighted by Gasteiger charge is -1.94. The lowest BCUT2D eigenvalue weighted by molar-refractivity contribution is 0.544. The second-order valence-corrected chi connectivity index (χ2v) is 3.77. The van der Waals surface area contributed by atoms with Gasteiger partial charge in [-0.05, 0) is 38.1 Å². The van der Waals surface area contributed by atoms with Crippen molar-refractivity contribution in [1.29, 1.82) is 0 Å². The number of nitrogens with zero attached hydrogens (tertiary/aromatic N) is 3. The van der Waals surface area contributed by atoms with Gasteiger partial charge in [0.25, 0.3) is 0 Å². The fourth-order valence-electron chi connectivity index (χ4n) is 1.39. The van der Waals surface area contributed by atoms with Crippen LogP contribution in [-0.4, -0.2) is 21.5 Å². The highest BCUT2D eigenvalue weighted by molar-refractivity contribution is 4.93. The van der Waals surface area contributed by atoms with Crippen LogP contribution < -0.4 is 5.73 Å². The molecule has 2 N–H and O–H groups in total. The first-order chi connectivity index (χ1) is 6.38. The third kappa shape index (κ3) is 2.52. The van der Waals surface area contributed by atoms with E-state index in [4.69, 9.17) is 5.73 Å². The molecule has 0 spiro atoms. The molecular weight excluding hydrogens is 164 g/mol. The number of aryl methyl sites for hydroxylation is 1. The van der Waals surface area contributed by atoms with Crippen LogP contribution in [0.5, 0.6) is 0 Å². The van der Waals surface area contributed by atoms with Crippen molar-refractivity contribution in [3.63, 3.8) is 0 Å². The van der Waals surface area contributed by atoms with E-state index in [1.807, 2.05) is 10.9 Å². The topological polar surface area (TPSA) is 56.7 Å². The summed E-state index contributed by atoms with van der Waals surface area (Å²) in [6, 6.07) is 0. The molecule has 0 aliphatic heterocycles. The standard InChI is InChI=1S/C9H16N4/c10-5-1-2-9-7-13(12-11-9)6-8-3-4-8/h7-8H,1-6,10H2. The molecule has 4 nitrogen and oxygen atoms in total. The number of aromatic nitrogens is 3. The Hall–Kier alpha value is -0.900. The Bertz CT molecular complexity index is 264. The summed E-state index contributed by atoms with van der Waals surface area (Å²) in [4.78, 5) is 0. The number of hydrogen-bond donors (Lipinski definition) is 1. The van der Waals surface area contributed by atoms with Gasteiger partial charge in [-0.25, -0.2) is 0 Å². The molecule has 0 unspecified atom stereocenters. The average molecular weight is 180 g/mol. The van der Waals surface area contributed by atoms with Crippen molar-refractivity contribution in [3.05, 3.63) is 11.9 Å². The van der Waals surface area contributed by atoms with Crippen molar-refractivity contribution >= 4 is 0 Å². The first-order valence-corrected chi connectivity index (χ1v) is 4.97. The zero-order valence-corrected chi connectivity index (χ0v) is 7.82. The Morgan fingerprint density at radius 2 is 2.38 bits per heavy atom. The average Bonchev–Trinajstić information content (AvgIpc) is 2.81. The SMILES string of the molecule is NCCCc1cn(CC2CC2)nn1. The quantitative estimate of drug-likeness (QED) is 0.721. The molecular formula is C9H16N4. The van der Waals surface area contributed by atoms with Crippen LogP contribution in [-0.2, 0) is 13.0 Å². The normalized spacial score (nSPS) is 16.4. The molecule has 0 radical (unpaired) electrons. The van der Waals surface area contributed by atoms with Gasteiger partial charge in [0.05, 0.1) is 5.69 Å². The van der Waals surface area contributed by atoms with E-state index in [9.17, 15) is 0 Å². The lowest BCUT2D eigenvalue weighted by Crippen LogP contribution is -2.00. The van der Waals surface area contributed by atoms with Crippen molar-refractivity contribution in [2.24, 2.45) is 11.7 Å². The number of rotatable bonds is 5. The predicted molar refractivity (Wildman–Crippen MR) is 50.1 cm³/mol. The molecule has 1 fully saturated rings. The Kier molecular flexibility index (Phi) is 2.59. The van der Waals surface area contributed by atoms with E-state index < -0.39 is 0 Å². The summed E-state index contributed by atoms with van der Waals surface area (Å²) in [7, 11) is 0. The molecule has 1 aliphatic carbocycles. The molecule has 0 atom stereocenters.